The van der Waals surface area contributed by atoms with Crippen molar-refractivity contribution in [1.29, 1.82) is 0 Å². The zero-order chi connectivity index (χ0) is 11.1. The second-order valence-electron chi connectivity index (χ2n) is 3.46. The Kier molecular flexibility index (Phi) is 5.71. The quantitative estimate of drug-likeness (QED) is 0.649. The maximum absolute atomic E-state index is 11.6. The van der Waals surface area contributed by atoms with Gasteiger partial charge in [-0.05, 0) is 0 Å². The zero-order valence-corrected chi connectivity index (χ0v) is 9.85. The summed E-state index contributed by atoms with van der Waals surface area (Å²) in [4.78, 5) is 24.4. The minimum absolute atomic E-state index is 0.142. The molecule has 1 fully saturated rings. The lowest BCUT2D eigenvalue weighted by Crippen LogP contribution is -2.39. The fourth-order valence-electron chi connectivity index (χ4n) is 1.40. The predicted octanol–water partition coefficient (Wildman–Crippen LogP) is 0.557. The molecule has 0 saturated carbocycles. The van der Waals surface area contributed by atoms with Crippen LogP contribution in [0, 0.1) is 0 Å². The maximum Gasteiger partial charge on any atom is 0.232 e. The smallest absolute Gasteiger partial charge is 0.232 e. The van der Waals surface area contributed by atoms with Gasteiger partial charge < -0.3 is 9.64 Å². The minimum Gasteiger partial charge on any atom is -0.384 e. The van der Waals surface area contributed by atoms with Crippen LogP contribution < -0.4 is 0 Å². The lowest BCUT2D eigenvalue weighted by atomic mass is 10.1. The molecule has 0 unspecified atom stereocenters. The van der Waals surface area contributed by atoms with Crippen molar-refractivity contribution in [3.63, 3.8) is 0 Å². The SMILES string of the molecule is COCCSCC(=O)N1CCC(=O)CC1. The number of piperidine rings is 1. The molecule has 1 amide bonds. The predicted molar refractivity (Wildman–Crippen MR) is 60.0 cm³/mol. The third kappa shape index (κ3) is 4.66. The van der Waals surface area contributed by atoms with E-state index in [4.69, 9.17) is 4.74 Å². The number of rotatable bonds is 5. The first kappa shape index (κ1) is 12.5. The molecule has 1 aliphatic rings. The van der Waals surface area contributed by atoms with Crippen LogP contribution in [0.1, 0.15) is 12.8 Å². The molecule has 15 heavy (non-hydrogen) atoms. The van der Waals surface area contributed by atoms with Gasteiger partial charge in [0.1, 0.15) is 5.78 Å². The van der Waals surface area contributed by atoms with Gasteiger partial charge in [0.15, 0.2) is 0 Å². The largest absolute Gasteiger partial charge is 0.384 e. The van der Waals surface area contributed by atoms with Crippen LogP contribution in [0.2, 0.25) is 0 Å². The molecule has 0 aliphatic carbocycles. The molecule has 0 aromatic carbocycles. The van der Waals surface area contributed by atoms with Crippen molar-refractivity contribution in [3.05, 3.63) is 0 Å². The summed E-state index contributed by atoms with van der Waals surface area (Å²) in [5.41, 5.74) is 0. The number of hydrogen-bond donors (Lipinski definition) is 0. The summed E-state index contributed by atoms with van der Waals surface area (Å²) < 4.78 is 4.89. The highest BCUT2D eigenvalue weighted by molar-refractivity contribution is 7.99. The van der Waals surface area contributed by atoms with E-state index < -0.39 is 0 Å². The van der Waals surface area contributed by atoms with E-state index in [1.54, 1.807) is 23.8 Å². The first-order valence-electron chi connectivity index (χ1n) is 5.10. The molecule has 0 N–H and O–H groups in total. The van der Waals surface area contributed by atoms with Crippen molar-refractivity contribution in [2.45, 2.75) is 12.8 Å². The molecular weight excluding hydrogens is 214 g/mol. The second-order valence-corrected chi connectivity index (χ2v) is 4.57. The van der Waals surface area contributed by atoms with Crippen LogP contribution in [-0.4, -0.2) is 54.9 Å². The van der Waals surface area contributed by atoms with Crippen LogP contribution in [0.3, 0.4) is 0 Å². The van der Waals surface area contributed by atoms with Crippen LogP contribution in [0.4, 0.5) is 0 Å². The molecule has 1 saturated heterocycles. The average Bonchev–Trinajstić information content (AvgIpc) is 2.25. The Hall–Kier alpha value is -0.550. The van der Waals surface area contributed by atoms with Crippen molar-refractivity contribution in [1.82, 2.24) is 4.90 Å². The topological polar surface area (TPSA) is 46.6 Å². The highest BCUT2D eigenvalue weighted by atomic mass is 32.2. The maximum atomic E-state index is 11.6. The fourth-order valence-corrected chi connectivity index (χ4v) is 2.18. The molecule has 1 aliphatic heterocycles. The molecule has 0 bridgehead atoms. The first-order chi connectivity index (χ1) is 7.24. The molecule has 0 aromatic heterocycles. The number of ether oxygens (including phenoxy) is 1. The van der Waals surface area contributed by atoms with E-state index in [-0.39, 0.29) is 11.7 Å². The van der Waals surface area contributed by atoms with Crippen molar-refractivity contribution >= 4 is 23.5 Å². The van der Waals surface area contributed by atoms with Gasteiger partial charge in [0.2, 0.25) is 5.91 Å². The van der Waals surface area contributed by atoms with E-state index in [0.717, 1.165) is 5.75 Å². The lowest BCUT2D eigenvalue weighted by Gasteiger charge is -2.25. The summed E-state index contributed by atoms with van der Waals surface area (Å²) in [6.07, 6.45) is 1.04. The van der Waals surface area contributed by atoms with Crippen LogP contribution in [0.25, 0.3) is 0 Å². The lowest BCUT2D eigenvalue weighted by molar-refractivity contribution is -0.132. The van der Waals surface area contributed by atoms with E-state index >= 15 is 0 Å². The summed E-state index contributed by atoms with van der Waals surface area (Å²) >= 11 is 1.58. The van der Waals surface area contributed by atoms with Gasteiger partial charge in [-0.1, -0.05) is 0 Å². The Balaban J connectivity index is 2.14. The van der Waals surface area contributed by atoms with Crippen molar-refractivity contribution in [2.24, 2.45) is 0 Å². The number of carbonyl (C=O) groups is 2. The highest BCUT2D eigenvalue weighted by Crippen LogP contribution is 2.09. The number of nitrogens with zero attached hydrogens (tertiary/aromatic N) is 1. The summed E-state index contributed by atoms with van der Waals surface area (Å²) in [7, 11) is 1.65. The fraction of sp³-hybridized carbons (Fsp3) is 0.800. The van der Waals surface area contributed by atoms with Gasteiger partial charge in [-0.3, -0.25) is 9.59 Å². The third-order valence-electron chi connectivity index (χ3n) is 2.33. The molecule has 1 rings (SSSR count). The molecule has 0 radical (unpaired) electrons. The van der Waals surface area contributed by atoms with Crippen LogP contribution in [0.15, 0.2) is 0 Å². The molecular formula is C10H17NO3S. The van der Waals surface area contributed by atoms with E-state index in [1.165, 1.54) is 0 Å². The monoisotopic (exact) mass is 231 g/mol. The molecule has 86 valence electrons. The molecule has 5 heteroatoms. The Morgan fingerprint density at radius 2 is 2.13 bits per heavy atom. The molecule has 0 aromatic rings. The number of ketones is 1. The van der Waals surface area contributed by atoms with E-state index in [0.29, 0.717) is 38.3 Å². The van der Waals surface area contributed by atoms with Crippen LogP contribution in [0.5, 0.6) is 0 Å². The van der Waals surface area contributed by atoms with Gasteiger partial charge >= 0.3 is 0 Å². The van der Waals surface area contributed by atoms with E-state index in [1.807, 2.05) is 0 Å². The number of thioether (sulfide) groups is 1. The van der Waals surface area contributed by atoms with Crippen molar-refractivity contribution < 1.29 is 14.3 Å². The molecule has 4 nitrogen and oxygen atoms in total. The number of amides is 1. The molecule has 0 atom stereocenters. The number of hydrogen-bond acceptors (Lipinski definition) is 4. The number of likely N-dealkylation sites (tertiary alicyclic amines) is 1. The van der Waals surface area contributed by atoms with Gasteiger partial charge in [0.05, 0.1) is 12.4 Å². The first-order valence-corrected chi connectivity index (χ1v) is 6.25. The minimum atomic E-state index is 0.142. The van der Waals surface area contributed by atoms with Gasteiger partial charge in [-0.25, -0.2) is 0 Å². The van der Waals surface area contributed by atoms with Crippen molar-refractivity contribution in [3.8, 4) is 0 Å². The Labute approximate surface area is 94.3 Å². The van der Waals surface area contributed by atoms with Gasteiger partial charge in [0.25, 0.3) is 0 Å². The summed E-state index contributed by atoms with van der Waals surface area (Å²) in [5.74, 6) is 1.75. The Morgan fingerprint density at radius 3 is 2.73 bits per heavy atom. The number of carbonyl (C=O) groups excluding carboxylic acids is 2. The second kappa shape index (κ2) is 6.85. The normalized spacial score (nSPS) is 16.9. The Morgan fingerprint density at radius 1 is 1.47 bits per heavy atom. The zero-order valence-electron chi connectivity index (χ0n) is 9.03. The van der Waals surface area contributed by atoms with Crippen molar-refractivity contribution in [2.75, 3.05) is 38.3 Å². The third-order valence-corrected chi connectivity index (χ3v) is 3.24. The van der Waals surface area contributed by atoms with Gasteiger partial charge in [-0.2, -0.15) is 0 Å². The van der Waals surface area contributed by atoms with Gasteiger partial charge in [0, 0.05) is 38.8 Å². The van der Waals surface area contributed by atoms with Crippen LogP contribution >= 0.6 is 11.8 Å². The summed E-state index contributed by atoms with van der Waals surface area (Å²) in [5, 5.41) is 0. The highest BCUT2D eigenvalue weighted by Gasteiger charge is 2.20. The number of methoxy groups -OCH3 is 1. The van der Waals surface area contributed by atoms with E-state index in [2.05, 4.69) is 0 Å². The molecule has 0 spiro atoms. The Bertz CT molecular complexity index is 223. The molecule has 1 heterocycles. The van der Waals surface area contributed by atoms with E-state index in [9.17, 15) is 9.59 Å². The van der Waals surface area contributed by atoms with Crippen LogP contribution in [-0.2, 0) is 14.3 Å². The number of Topliss-reactive ketones (excluding diaryl/α,β-unsaturated/α-hetero) is 1. The standard InChI is InChI=1S/C10H17NO3S/c1-14-6-7-15-8-10(13)11-4-2-9(12)3-5-11/h2-8H2,1H3. The average molecular weight is 231 g/mol. The summed E-state index contributed by atoms with van der Waals surface area (Å²) in [6, 6.07) is 0. The van der Waals surface area contributed by atoms with Gasteiger partial charge in [-0.15, -0.1) is 11.8 Å². The summed E-state index contributed by atoms with van der Waals surface area (Å²) in [6.45, 7) is 1.88.